The highest BCUT2D eigenvalue weighted by molar-refractivity contribution is 7.89. The highest BCUT2D eigenvalue weighted by Crippen LogP contribution is 2.24. The molecule has 2 aromatic rings. The van der Waals surface area contributed by atoms with Gasteiger partial charge in [-0.3, -0.25) is 4.79 Å². The summed E-state index contributed by atoms with van der Waals surface area (Å²) < 4.78 is 46.2. The molecule has 10 nitrogen and oxygen atoms in total. The van der Waals surface area contributed by atoms with E-state index in [0.29, 0.717) is 0 Å². The lowest BCUT2D eigenvalue weighted by Crippen LogP contribution is -2.60. The van der Waals surface area contributed by atoms with Crippen LogP contribution < -0.4 is 14.8 Å². The van der Waals surface area contributed by atoms with Gasteiger partial charge in [0.05, 0.1) is 29.3 Å². The number of likely N-dealkylation sites (tertiary alicyclic amines) is 1. The van der Waals surface area contributed by atoms with Crippen LogP contribution in [0.25, 0.3) is 0 Å². The summed E-state index contributed by atoms with van der Waals surface area (Å²) in [5.41, 5.74) is 0.0288. The number of nitrogens with zero attached hydrogens (tertiary/aromatic N) is 2. The molecule has 0 spiro atoms. The minimum atomic E-state index is -4.01. The SMILES string of the molecule is COc1ccc(S(=O)(=O)NC2CN(C(=O)O)C2)cc1C(=O)Nc1ccc(F)c(C)n1. The fourth-order valence-electron chi connectivity index (χ4n) is 2.83. The third-order valence-corrected chi connectivity index (χ3v) is 5.98. The van der Waals surface area contributed by atoms with E-state index in [1.54, 1.807) is 0 Å². The largest absolute Gasteiger partial charge is 0.496 e. The number of aryl methyl sites for hydroxylation is 1. The van der Waals surface area contributed by atoms with Crippen molar-refractivity contribution in [3.8, 4) is 5.75 Å². The Kier molecular flexibility index (Phi) is 5.89. The fourth-order valence-corrected chi connectivity index (χ4v) is 4.07. The van der Waals surface area contributed by atoms with E-state index in [9.17, 15) is 22.4 Å². The Morgan fingerprint density at radius 3 is 2.57 bits per heavy atom. The number of aromatic nitrogens is 1. The first-order valence-corrected chi connectivity index (χ1v) is 10.2. The zero-order valence-corrected chi connectivity index (χ0v) is 16.9. The standard InChI is InChI=1S/C18H19FN4O6S/c1-10-14(19)4-6-16(20-10)21-17(24)13-7-12(3-5-15(13)29-2)30(27,28)22-11-8-23(9-11)18(25)26/h3-7,11,22H,8-9H2,1-2H3,(H,25,26)(H,20,21,24). The first-order chi connectivity index (χ1) is 14.1. The van der Waals surface area contributed by atoms with Crippen molar-refractivity contribution in [3.05, 3.63) is 47.4 Å². The van der Waals surface area contributed by atoms with Gasteiger partial charge in [0.25, 0.3) is 5.91 Å². The van der Waals surface area contributed by atoms with Gasteiger partial charge < -0.3 is 20.1 Å². The maximum atomic E-state index is 13.4. The molecule has 1 aromatic heterocycles. The van der Waals surface area contributed by atoms with Gasteiger partial charge >= 0.3 is 6.09 Å². The Hall–Kier alpha value is -3.25. The third kappa shape index (κ3) is 4.49. The summed E-state index contributed by atoms with van der Waals surface area (Å²) in [5.74, 6) is -0.994. The molecule has 30 heavy (non-hydrogen) atoms. The minimum absolute atomic E-state index is 0.0354. The first-order valence-electron chi connectivity index (χ1n) is 8.73. The van der Waals surface area contributed by atoms with Crippen LogP contribution in [0, 0.1) is 12.7 Å². The van der Waals surface area contributed by atoms with Crippen LogP contribution in [0.5, 0.6) is 5.75 Å². The second-order valence-corrected chi connectivity index (χ2v) is 8.30. The number of carbonyl (C=O) groups excluding carboxylic acids is 1. The number of carboxylic acid groups (broad SMARTS) is 1. The van der Waals surface area contributed by atoms with Gasteiger partial charge in [-0.2, -0.15) is 0 Å². The van der Waals surface area contributed by atoms with Crippen LogP contribution in [-0.2, 0) is 10.0 Å². The lowest BCUT2D eigenvalue weighted by Gasteiger charge is -2.37. The Balaban J connectivity index is 1.81. The molecule has 1 aliphatic heterocycles. The van der Waals surface area contributed by atoms with Crippen molar-refractivity contribution in [1.29, 1.82) is 0 Å². The smallest absolute Gasteiger partial charge is 0.407 e. The normalized spacial score (nSPS) is 14.2. The molecular weight excluding hydrogens is 419 g/mol. The number of rotatable bonds is 6. The molecule has 0 saturated carbocycles. The molecule has 1 aromatic carbocycles. The topological polar surface area (TPSA) is 138 Å². The van der Waals surface area contributed by atoms with E-state index in [4.69, 9.17) is 9.84 Å². The molecule has 2 amide bonds. The summed E-state index contributed by atoms with van der Waals surface area (Å²) in [7, 11) is -2.68. The Morgan fingerprint density at radius 2 is 1.97 bits per heavy atom. The molecule has 0 bridgehead atoms. The van der Waals surface area contributed by atoms with Gasteiger partial charge in [-0.05, 0) is 37.3 Å². The number of carbonyl (C=O) groups is 2. The lowest BCUT2D eigenvalue weighted by atomic mass is 10.1. The number of sulfonamides is 1. The summed E-state index contributed by atoms with van der Waals surface area (Å²) in [5, 5.41) is 11.3. The second-order valence-electron chi connectivity index (χ2n) is 6.59. The summed E-state index contributed by atoms with van der Waals surface area (Å²) >= 11 is 0. The van der Waals surface area contributed by atoms with E-state index in [-0.39, 0.29) is 40.8 Å². The monoisotopic (exact) mass is 438 g/mol. The van der Waals surface area contributed by atoms with Gasteiger partial charge in [-0.1, -0.05) is 0 Å². The van der Waals surface area contributed by atoms with Crippen molar-refractivity contribution in [1.82, 2.24) is 14.6 Å². The van der Waals surface area contributed by atoms with Crippen molar-refractivity contribution in [2.24, 2.45) is 0 Å². The zero-order valence-electron chi connectivity index (χ0n) is 16.0. The van der Waals surface area contributed by atoms with Gasteiger partial charge in [-0.25, -0.2) is 27.3 Å². The maximum Gasteiger partial charge on any atom is 0.407 e. The molecule has 0 radical (unpaired) electrons. The molecule has 0 atom stereocenters. The van der Waals surface area contributed by atoms with E-state index in [1.807, 2.05) is 0 Å². The fraction of sp³-hybridized carbons (Fsp3) is 0.278. The number of methoxy groups -OCH3 is 1. The highest BCUT2D eigenvalue weighted by atomic mass is 32.2. The molecule has 0 aliphatic carbocycles. The van der Waals surface area contributed by atoms with Crippen molar-refractivity contribution in [3.63, 3.8) is 0 Å². The Bertz CT molecular complexity index is 1100. The van der Waals surface area contributed by atoms with E-state index in [2.05, 4.69) is 15.0 Å². The number of anilines is 1. The average Bonchev–Trinajstić information content (AvgIpc) is 2.66. The number of halogens is 1. The van der Waals surface area contributed by atoms with Crippen LogP contribution >= 0.6 is 0 Å². The van der Waals surface area contributed by atoms with E-state index in [0.717, 1.165) is 17.0 Å². The number of benzene rings is 1. The number of pyridine rings is 1. The Labute approximate surface area is 171 Å². The third-order valence-electron chi connectivity index (χ3n) is 4.46. The van der Waals surface area contributed by atoms with Gasteiger partial charge in [0.15, 0.2) is 0 Å². The van der Waals surface area contributed by atoms with Crippen LogP contribution in [-0.4, -0.2) is 61.6 Å². The molecule has 1 aliphatic rings. The average molecular weight is 438 g/mol. The molecule has 0 unspecified atom stereocenters. The van der Waals surface area contributed by atoms with Gasteiger partial charge in [0, 0.05) is 13.1 Å². The zero-order chi connectivity index (χ0) is 22.1. The van der Waals surface area contributed by atoms with Crippen molar-refractivity contribution in [2.45, 2.75) is 17.9 Å². The van der Waals surface area contributed by atoms with Crippen molar-refractivity contribution >= 4 is 27.8 Å². The van der Waals surface area contributed by atoms with Crippen molar-refractivity contribution < 1.29 is 32.2 Å². The summed E-state index contributed by atoms with van der Waals surface area (Å²) in [4.78, 5) is 28.3. The van der Waals surface area contributed by atoms with Crippen LogP contribution in [0.2, 0.25) is 0 Å². The molecule has 3 N–H and O–H groups in total. The van der Waals surface area contributed by atoms with Gasteiger partial charge in [-0.15, -0.1) is 0 Å². The molecule has 3 rings (SSSR count). The summed E-state index contributed by atoms with van der Waals surface area (Å²) in [6.45, 7) is 1.51. The first kappa shape index (κ1) is 21.5. The molecule has 2 heterocycles. The van der Waals surface area contributed by atoms with E-state index >= 15 is 0 Å². The predicted octanol–water partition coefficient (Wildman–Crippen LogP) is 1.43. The summed E-state index contributed by atoms with van der Waals surface area (Å²) in [6, 6.07) is 5.61. The van der Waals surface area contributed by atoms with Gasteiger partial charge in [0.1, 0.15) is 17.4 Å². The molecule has 12 heteroatoms. The van der Waals surface area contributed by atoms with Crippen LogP contribution in [0.15, 0.2) is 35.2 Å². The minimum Gasteiger partial charge on any atom is -0.496 e. The molecular formula is C18H19FN4O6S. The van der Waals surface area contributed by atoms with Gasteiger partial charge in [0.2, 0.25) is 10.0 Å². The van der Waals surface area contributed by atoms with E-state index in [1.165, 1.54) is 32.2 Å². The Morgan fingerprint density at radius 1 is 1.27 bits per heavy atom. The predicted molar refractivity (Wildman–Crippen MR) is 104 cm³/mol. The number of hydrogen-bond acceptors (Lipinski definition) is 6. The molecule has 1 saturated heterocycles. The number of hydrogen-bond donors (Lipinski definition) is 3. The lowest BCUT2D eigenvalue weighted by molar-refractivity contribution is 0.101. The van der Waals surface area contributed by atoms with Crippen LogP contribution in [0.1, 0.15) is 16.1 Å². The van der Waals surface area contributed by atoms with E-state index < -0.39 is 33.9 Å². The van der Waals surface area contributed by atoms with Crippen molar-refractivity contribution in [2.75, 3.05) is 25.5 Å². The molecule has 160 valence electrons. The maximum absolute atomic E-state index is 13.4. The number of amides is 2. The summed E-state index contributed by atoms with van der Waals surface area (Å²) in [6.07, 6.45) is -1.13. The second kappa shape index (κ2) is 8.24. The quantitative estimate of drug-likeness (QED) is 0.620. The molecule has 1 fully saturated rings. The van der Waals surface area contributed by atoms with Crippen LogP contribution in [0.4, 0.5) is 15.0 Å². The van der Waals surface area contributed by atoms with Crippen LogP contribution in [0.3, 0.4) is 0 Å². The number of ether oxygens (including phenoxy) is 1. The highest BCUT2D eigenvalue weighted by Gasteiger charge is 2.34. The number of nitrogens with one attached hydrogen (secondary N) is 2.